The molecule has 152 valence electrons. The van der Waals surface area contributed by atoms with Crippen molar-refractivity contribution < 1.29 is 19.1 Å². The summed E-state index contributed by atoms with van der Waals surface area (Å²) in [6.07, 6.45) is 2.21. The largest absolute Gasteiger partial charge is 0.492 e. The Labute approximate surface area is 178 Å². The number of halogens is 2. The van der Waals surface area contributed by atoms with E-state index in [1.807, 2.05) is 0 Å². The number of hydrogen-bond acceptors (Lipinski definition) is 4. The van der Waals surface area contributed by atoms with E-state index >= 15 is 0 Å². The fourth-order valence-corrected chi connectivity index (χ4v) is 2.86. The highest BCUT2D eigenvalue weighted by Gasteiger charge is 2.26. The van der Waals surface area contributed by atoms with Gasteiger partial charge in [0.05, 0.1) is 12.5 Å². The topological polar surface area (TPSA) is 76.7 Å². The maximum absolute atomic E-state index is 12.1. The lowest BCUT2D eigenvalue weighted by Crippen LogP contribution is -2.40. The van der Waals surface area contributed by atoms with Crippen LogP contribution in [0.1, 0.15) is 6.42 Å². The highest BCUT2D eigenvalue weighted by molar-refractivity contribution is 6.30. The lowest BCUT2D eigenvalue weighted by atomic mass is 9.90. The van der Waals surface area contributed by atoms with E-state index in [2.05, 4.69) is 10.6 Å². The molecule has 8 heteroatoms. The number of allylic oxidation sites excluding steroid dienone is 1. The predicted molar refractivity (Wildman–Crippen MR) is 111 cm³/mol. The number of hydrogen-bond donors (Lipinski definition) is 2. The Morgan fingerprint density at radius 3 is 2.07 bits per heavy atom. The summed E-state index contributed by atoms with van der Waals surface area (Å²) in [6, 6.07) is 13.8. The minimum Gasteiger partial charge on any atom is -0.492 e. The molecule has 2 N–H and O–H groups in total. The van der Waals surface area contributed by atoms with Gasteiger partial charge in [0.25, 0.3) is 5.91 Å². The molecule has 1 aliphatic carbocycles. The molecular formula is C21H20Cl2N2O4. The van der Waals surface area contributed by atoms with E-state index in [0.717, 1.165) is 0 Å². The molecule has 1 atom stereocenters. The summed E-state index contributed by atoms with van der Waals surface area (Å²) in [7, 11) is 0. The Bertz CT molecular complexity index is 883. The maximum atomic E-state index is 12.1. The molecule has 0 heterocycles. The number of benzene rings is 2. The summed E-state index contributed by atoms with van der Waals surface area (Å²) in [5.41, 5.74) is 0.715. The van der Waals surface area contributed by atoms with Gasteiger partial charge in [-0.1, -0.05) is 29.3 Å². The summed E-state index contributed by atoms with van der Waals surface area (Å²) >= 11 is 11.6. The predicted octanol–water partition coefficient (Wildman–Crippen LogP) is 3.59. The van der Waals surface area contributed by atoms with Crippen LogP contribution in [0.25, 0.3) is 0 Å². The van der Waals surface area contributed by atoms with E-state index in [1.54, 1.807) is 54.6 Å². The summed E-state index contributed by atoms with van der Waals surface area (Å²) in [5, 5.41) is 6.78. The zero-order valence-electron chi connectivity index (χ0n) is 15.5. The van der Waals surface area contributed by atoms with Crippen molar-refractivity contribution in [3.8, 4) is 11.5 Å². The molecule has 0 aliphatic heterocycles. The minimum atomic E-state index is -0.276. The van der Waals surface area contributed by atoms with Crippen LogP contribution in [0.3, 0.4) is 0 Å². The third-order valence-corrected chi connectivity index (χ3v) is 4.65. The molecular weight excluding hydrogens is 415 g/mol. The molecule has 0 bridgehead atoms. The van der Waals surface area contributed by atoms with Crippen molar-refractivity contribution in [1.29, 1.82) is 0 Å². The molecule has 0 saturated carbocycles. The van der Waals surface area contributed by atoms with E-state index in [0.29, 0.717) is 46.8 Å². The molecule has 0 spiro atoms. The molecule has 0 radical (unpaired) electrons. The van der Waals surface area contributed by atoms with Gasteiger partial charge in [0.1, 0.15) is 18.1 Å². The lowest BCUT2D eigenvalue weighted by molar-refractivity contribution is -0.125. The first kappa shape index (κ1) is 21.0. The van der Waals surface area contributed by atoms with Crippen molar-refractivity contribution in [2.75, 3.05) is 19.8 Å². The van der Waals surface area contributed by atoms with Gasteiger partial charge in [0, 0.05) is 22.2 Å². The molecule has 2 aromatic rings. The fourth-order valence-electron chi connectivity index (χ4n) is 2.61. The SMILES string of the molecule is O=C(COc1ccc(Cl)cc1)NC1=CC(C(=O)NCCOc2ccc(Cl)cc2)C1. The third kappa shape index (κ3) is 6.69. The van der Waals surface area contributed by atoms with Gasteiger partial charge in [0.15, 0.2) is 6.61 Å². The van der Waals surface area contributed by atoms with E-state index in [9.17, 15) is 9.59 Å². The van der Waals surface area contributed by atoms with Crippen LogP contribution < -0.4 is 20.1 Å². The molecule has 3 rings (SSSR count). The van der Waals surface area contributed by atoms with Crippen molar-refractivity contribution in [2.45, 2.75) is 6.42 Å². The molecule has 0 saturated heterocycles. The first-order valence-corrected chi connectivity index (χ1v) is 9.80. The van der Waals surface area contributed by atoms with Gasteiger partial charge < -0.3 is 20.1 Å². The fraction of sp³-hybridized carbons (Fsp3) is 0.238. The van der Waals surface area contributed by atoms with Crippen molar-refractivity contribution in [3.63, 3.8) is 0 Å². The van der Waals surface area contributed by atoms with Crippen LogP contribution in [0.2, 0.25) is 10.0 Å². The molecule has 6 nitrogen and oxygen atoms in total. The van der Waals surface area contributed by atoms with Crippen molar-refractivity contribution in [3.05, 3.63) is 70.3 Å². The highest BCUT2D eigenvalue weighted by atomic mass is 35.5. The molecule has 29 heavy (non-hydrogen) atoms. The van der Waals surface area contributed by atoms with E-state index < -0.39 is 0 Å². The van der Waals surface area contributed by atoms with Crippen LogP contribution in [0, 0.1) is 5.92 Å². The summed E-state index contributed by atoms with van der Waals surface area (Å²) in [4.78, 5) is 24.0. The molecule has 2 amide bonds. The summed E-state index contributed by atoms with van der Waals surface area (Å²) < 4.78 is 10.9. The van der Waals surface area contributed by atoms with Crippen LogP contribution >= 0.6 is 23.2 Å². The van der Waals surface area contributed by atoms with E-state index in [-0.39, 0.29) is 24.3 Å². The Balaban J connectivity index is 1.30. The van der Waals surface area contributed by atoms with E-state index in [4.69, 9.17) is 32.7 Å². The Kier molecular flexibility index (Phi) is 7.38. The Hall–Kier alpha value is -2.70. The van der Waals surface area contributed by atoms with Crippen LogP contribution in [0.4, 0.5) is 0 Å². The van der Waals surface area contributed by atoms with Crippen LogP contribution in [-0.4, -0.2) is 31.6 Å². The normalized spacial score (nSPS) is 15.0. The van der Waals surface area contributed by atoms with Gasteiger partial charge in [-0.05, 0) is 48.5 Å². The van der Waals surface area contributed by atoms with Crippen molar-refractivity contribution in [1.82, 2.24) is 10.6 Å². The van der Waals surface area contributed by atoms with Gasteiger partial charge in [-0.15, -0.1) is 0 Å². The number of carbonyl (C=O) groups excluding carboxylic acids is 2. The molecule has 1 unspecified atom stereocenters. The average molecular weight is 435 g/mol. The zero-order valence-corrected chi connectivity index (χ0v) is 17.0. The van der Waals surface area contributed by atoms with Crippen LogP contribution in [0.5, 0.6) is 11.5 Å². The average Bonchev–Trinajstić information content (AvgIpc) is 2.68. The van der Waals surface area contributed by atoms with Gasteiger partial charge in [-0.25, -0.2) is 0 Å². The van der Waals surface area contributed by atoms with Crippen LogP contribution in [0.15, 0.2) is 60.3 Å². The van der Waals surface area contributed by atoms with E-state index in [1.165, 1.54) is 0 Å². The Morgan fingerprint density at radius 1 is 0.931 bits per heavy atom. The Morgan fingerprint density at radius 2 is 1.48 bits per heavy atom. The summed E-state index contributed by atoms with van der Waals surface area (Å²) in [5.74, 6) is 0.628. The van der Waals surface area contributed by atoms with Gasteiger partial charge in [-0.3, -0.25) is 9.59 Å². The monoisotopic (exact) mass is 434 g/mol. The minimum absolute atomic E-state index is 0.0971. The first-order valence-electron chi connectivity index (χ1n) is 9.04. The number of rotatable bonds is 9. The number of amides is 2. The molecule has 2 aromatic carbocycles. The van der Waals surface area contributed by atoms with Gasteiger partial charge in [-0.2, -0.15) is 0 Å². The van der Waals surface area contributed by atoms with Crippen molar-refractivity contribution >= 4 is 35.0 Å². The number of nitrogens with one attached hydrogen (secondary N) is 2. The smallest absolute Gasteiger partial charge is 0.262 e. The lowest BCUT2D eigenvalue weighted by Gasteiger charge is -2.25. The first-order chi connectivity index (χ1) is 14.0. The third-order valence-electron chi connectivity index (χ3n) is 4.15. The highest BCUT2D eigenvalue weighted by Crippen LogP contribution is 2.24. The van der Waals surface area contributed by atoms with Gasteiger partial charge in [0.2, 0.25) is 5.91 Å². The zero-order chi connectivity index (χ0) is 20.6. The maximum Gasteiger partial charge on any atom is 0.262 e. The van der Waals surface area contributed by atoms with Crippen LogP contribution in [-0.2, 0) is 9.59 Å². The number of carbonyl (C=O) groups is 2. The second-order valence-electron chi connectivity index (χ2n) is 6.39. The second kappa shape index (κ2) is 10.2. The summed E-state index contributed by atoms with van der Waals surface area (Å²) in [6.45, 7) is 0.635. The van der Waals surface area contributed by atoms with Gasteiger partial charge >= 0.3 is 0 Å². The molecule has 0 fully saturated rings. The quantitative estimate of drug-likeness (QED) is 0.591. The molecule has 1 aliphatic rings. The second-order valence-corrected chi connectivity index (χ2v) is 7.26. The van der Waals surface area contributed by atoms with Crippen molar-refractivity contribution in [2.24, 2.45) is 5.92 Å². The standard InChI is InChI=1S/C21H20Cl2N2O4/c22-15-1-5-18(6-2-15)28-10-9-24-21(27)14-11-17(12-14)25-20(26)13-29-19-7-3-16(23)4-8-19/h1-8,11,14H,9-10,12-13H2,(H,24,27)(H,25,26). The molecule has 0 aromatic heterocycles. The number of ether oxygens (including phenoxy) is 2.